The number of aliphatic hydroxyl groups is 1. The molecular weight excluding hydrogens is 214 g/mol. The highest BCUT2D eigenvalue weighted by atomic mass is 16.3. The highest BCUT2D eigenvalue weighted by Gasteiger charge is 2.26. The maximum Gasteiger partial charge on any atom is 0.0597 e. The van der Waals surface area contributed by atoms with Crippen LogP contribution in [0.5, 0.6) is 0 Å². The van der Waals surface area contributed by atoms with Crippen molar-refractivity contribution in [2.45, 2.75) is 44.8 Å². The summed E-state index contributed by atoms with van der Waals surface area (Å²) in [6, 6.07) is 1.62. The Morgan fingerprint density at radius 3 is 2.29 bits per heavy atom. The van der Waals surface area contributed by atoms with Crippen molar-refractivity contribution >= 4 is 0 Å². The summed E-state index contributed by atoms with van der Waals surface area (Å²) in [4.78, 5) is 5.01. The monoisotopic (exact) mass is 241 g/mol. The average Bonchev–Trinajstić information content (AvgIpc) is 3.13. The SMILES string of the molecule is CC(C)N1CCN(CC(CO)NC2CC2)CC1. The molecular formula is C13H27N3O. The van der Waals surface area contributed by atoms with Crippen molar-refractivity contribution in [1.29, 1.82) is 0 Å². The predicted molar refractivity (Wildman–Crippen MR) is 70.2 cm³/mol. The van der Waals surface area contributed by atoms with Gasteiger partial charge < -0.3 is 10.4 Å². The van der Waals surface area contributed by atoms with Gasteiger partial charge in [0.2, 0.25) is 0 Å². The van der Waals surface area contributed by atoms with Crippen LogP contribution in [0.1, 0.15) is 26.7 Å². The minimum Gasteiger partial charge on any atom is -0.395 e. The fourth-order valence-electron chi connectivity index (χ4n) is 2.52. The first-order chi connectivity index (χ1) is 8.19. The summed E-state index contributed by atoms with van der Waals surface area (Å²) in [5.41, 5.74) is 0. The van der Waals surface area contributed by atoms with Gasteiger partial charge in [0.1, 0.15) is 0 Å². The highest BCUT2D eigenvalue weighted by molar-refractivity contribution is 4.86. The van der Waals surface area contributed by atoms with E-state index in [1.165, 1.54) is 25.9 Å². The second-order valence-corrected chi connectivity index (χ2v) is 5.75. The van der Waals surface area contributed by atoms with Gasteiger partial charge >= 0.3 is 0 Å². The fourth-order valence-corrected chi connectivity index (χ4v) is 2.52. The number of nitrogens with zero attached hydrogens (tertiary/aromatic N) is 2. The Kier molecular flexibility index (Phi) is 4.79. The second kappa shape index (κ2) is 6.14. The van der Waals surface area contributed by atoms with Crippen LogP contribution in [0.25, 0.3) is 0 Å². The Labute approximate surface area is 105 Å². The predicted octanol–water partition coefficient (Wildman–Crippen LogP) is 0.125. The molecule has 1 atom stereocenters. The average molecular weight is 241 g/mol. The van der Waals surface area contributed by atoms with E-state index in [2.05, 4.69) is 29.0 Å². The van der Waals surface area contributed by atoms with Gasteiger partial charge in [-0.1, -0.05) is 0 Å². The van der Waals surface area contributed by atoms with Gasteiger partial charge in [-0.05, 0) is 26.7 Å². The molecule has 2 aliphatic rings. The van der Waals surface area contributed by atoms with Gasteiger partial charge in [-0.25, -0.2) is 0 Å². The lowest BCUT2D eigenvalue weighted by Gasteiger charge is -2.38. The van der Waals surface area contributed by atoms with E-state index in [1.54, 1.807) is 0 Å². The van der Waals surface area contributed by atoms with E-state index in [0.29, 0.717) is 12.1 Å². The first-order valence-electron chi connectivity index (χ1n) is 7.02. The van der Waals surface area contributed by atoms with Crippen molar-refractivity contribution in [1.82, 2.24) is 15.1 Å². The van der Waals surface area contributed by atoms with E-state index in [4.69, 9.17) is 0 Å². The lowest BCUT2D eigenvalue weighted by Crippen LogP contribution is -2.53. The number of piperazine rings is 1. The Bertz CT molecular complexity index is 223. The van der Waals surface area contributed by atoms with Crippen molar-refractivity contribution in [3.8, 4) is 0 Å². The van der Waals surface area contributed by atoms with Crippen LogP contribution >= 0.6 is 0 Å². The number of hydrogen-bond acceptors (Lipinski definition) is 4. The van der Waals surface area contributed by atoms with E-state index >= 15 is 0 Å². The minimum absolute atomic E-state index is 0.265. The Balaban J connectivity index is 1.68. The first kappa shape index (κ1) is 13.3. The van der Waals surface area contributed by atoms with E-state index < -0.39 is 0 Å². The molecule has 0 radical (unpaired) electrons. The molecule has 0 aromatic heterocycles. The van der Waals surface area contributed by atoms with Gasteiger partial charge in [-0.15, -0.1) is 0 Å². The molecule has 17 heavy (non-hydrogen) atoms. The zero-order chi connectivity index (χ0) is 12.3. The Morgan fingerprint density at radius 2 is 1.82 bits per heavy atom. The van der Waals surface area contributed by atoms with Gasteiger partial charge in [-0.3, -0.25) is 9.80 Å². The molecule has 1 aliphatic carbocycles. The molecule has 4 nitrogen and oxygen atoms in total. The summed E-state index contributed by atoms with van der Waals surface area (Å²) in [5.74, 6) is 0. The van der Waals surface area contributed by atoms with Gasteiger partial charge in [0.15, 0.2) is 0 Å². The lowest BCUT2D eigenvalue weighted by molar-refractivity contribution is 0.0918. The van der Waals surface area contributed by atoms with Crippen LogP contribution in [0.3, 0.4) is 0 Å². The molecule has 1 aliphatic heterocycles. The summed E-state index contributed by atoms with van der Waals surface area (Å²) in [7, 11) is 0. The van der Waals surface area contributed by atoms with Crippen LogP contribution < -0.4 is 5.32 Å². The molecule has 0 aromatic rings. The number of hydrogen-bond donors (Lipinski definition) is 2. The van der Waals surface area contributed by atoms with Crippen LogP contribution in [0.4, 0.5) is 0 Å². The van der Waals surface area contributed by atoms with Crippen LogP contribution in [-0.2, 0) is 0 Å². The van der Waals surface area contributed by atoms with Crippen LogP contribution in [0.15, 0.2) is 0 Å². The summed E-state index contributed by atoms with van der Waals surface area (Å²) < 4.78 is 0. The van der Waals surface area contributed by atoms with Gasteiger partial charge in [0.05, 0.1) is 6.61 Å². The summed E-state index contributed by atoms with van der Waals surface area (Å²) in [5, 5.41) is 12.9. The van der Waals surface area contributed by atoms with Crippen LogP contribution in [-0.4, -0.2) is 72.4 Å². The Morgan fingerprint density at radius 1 is 1.18 bits per heavy atom. The molecule has 1 saturated carbocycles. The molecule has 2 fully saturated rings. The molecule has 0 spiro atoms. The quantitative estimate of drug-likeness (QED) is 0.693. The minimum atomic E-state index is 0.265. The second-order valence-electron chi connectivity index (χ2n) is 5.75. The normalized spacial score (nSPS) is 25.4. The highest BCUT2D eigenvalue weighted by Crippen LogP contribution is 2.19. The van der Waals surface area contributed by atoms with Crippen molar-refractivity contribution in [2.24, 2.45) is 0 Å². The molecule has 100 valence electrons. The van der Waals surface area contributed by atoms with Crippen LogP contribution in [0, 0.1) is 0 Å². The van der Waals surface area contributed by atoms with E-state index in [-0.39, 0.29) is 12.6 Å². The van der Waals surface area contributed by atoms with Gasteiger partial charge in [0.25, 0.3) is 0 Å². The first-order valence-corrected chi connectivity index (χ1v) is 7.02. The molecule has 2 N–H and O–H groups in total. The molecule has 1 heterocycles. The molecule has 2 rings (SSSR count). The fraction of sp³-hybridized carbons (Fsp3) is 1.00. The smallest absolute Gasteiger partial charge is 0.0597 e. The lowest BCUT2D eigenvalue weighted by atomic mass is 10.2. The van der Waals surface area contributed by atoms with E-state index in [0.717, 1.165) is 19.6 Å². The van der Waals surface area contributed by atoms with Crippen molar-refractivity contribution in [3.63, 3.8) is 0 Å². The van der Waals surface area contributed by atoms with Crippen LogP contribution in [0.2, 0.25) is 0 Å². The Hall–Kier alpha value is -0.160. The molecule has 4 heteroatoms. The van der Waals surface area contributed by atoms with Crippen molar-refractivity contribution in [2.75, 3.05) is 39.3 Å². The van der Waals surface area contributed by atoms with Crippen molar-refractivity contribution in [3.05, 3.63) is 0 Å². The summed E-state index contributed by atoms with van der Waals surface area (Å²) in [6.45, 7) is 10.4. The summed E-state index contributed by atoms with van der Waals surface area (Å²) in [6.07, 6.45) is 2.58. The molecule has 0 aromatic carbocycles. The van der Waals surface area contributed by atoms with E-state index in [9.17, 15) is 5.11 Å². The maximum atomic E-state index is 9.37. The van der Waals surface area contributed by atoms with E-state index in [1.807, 2.05) is 0 Å². The molecule has 1 unspecified atom stereocenters. The number of nitrogens with one attached hydrogen (secondary N) is 1. The van der Waals surface area contributed by atoms with Gasteiger partial charge in [0, 0.05) is 50.8 Å². The number of rotatable bonds is 6. The standard InChI is InChI=1S/C13H27N3O/c1-11(2)16-7-5-15(6-8-16)9-13(10-17)14-12-3-4-12/h11-14,17H,3-10H2,1-2H3. The topological polar surface area (TPSA) is 38.7 Å². The summed E-state index contributed by atoms with van der Waals surface area (Å²) >= 11 is 0. The maximum absolute atomic E-state index is 9.37. The largest absolute Gasteiger partial charge is 0.395 e. The molecule has 0 amide bonds. The molecule has 1 saturated heterocycles. The third kappa shape index (κ3) is 4.21. The van der Waals surface area contributed by atoms with Crippen molar-refractivity contribution < 1.29 is 5.11 Å². The third-order valence-electron chi connectivity index (χ3n) is 3.88. The molecule has 0 bridgehead atoms. The van der Waals surface area contributed by atoms with Gasteiger partial charge in [-0.2, -0.15) is 0 Å². The zero-order valence-corrected chi connectivity index (χ0v) is 11.2. The third-order valence-corrected chi connectivity index (χ3v) is 3.88. The number of aliphatic hydroxyl groups excluding tert-OH is 1. The zero-order valence-electron chi connectivity index (χ0n) is 11.2.